The summed E-state index contributed by atoms with van der Waals surface area (Å²) in [6, 6.07) is 0.0141. The van der Waals surface area contributed by atoms with Gasteiger partial charge in [-0.3, -0.25) is 4.79 Å². The average Bonchev–Trinajstić information content (AvgIpc) is 2.96. The molecule has 0 radical (unpaired) electrons. The number of esters is 1. The van der Waals surface area contributed by atoms with Crippen molar-refractivity contribution in [2.24, 2.45) is 5.92 Å². The molecular weight excluding hydrogens is 292 g/mol. The molecule has 2 aliphatic rings. The topological polar surface area (TPSA) is 75.7 Å². The summed E-state index contributed by atoms with van der Waals surface area (Å²) < 4.78 is 32.4. The van der Waals surface area contributed by atoms with Crippen molar-refractivity contribution in [3.8, 4) is 0 Å². The van der Waals surface area contributed by atoms with E-state index in [0.29, 0.717) is 25.9 Å². The highest BCUT2D eigenvalue weighted by Crippen LogP contribution is 2.34. The molecule has 3 unspecified atom stereocenters. The molecule has 0 amide bonds. The van der Waals surface area contributed by atoms with Crippen LogP contribution in [0.4, 0.5) is 0 Å². The van der Waals surface area contributed by atoms with Crippen molar-refractivity contribution >= 4 is 16.0 Å². The molecule has 1 N–H and O–H groups in total. The zero-order valence-electron chi connectivity index (χ0n) is 12.9. The Bertz CT molecular complexity index is 466. The fourth-order valence-corrected chi connectivity index (χ4v) is 6.09. The lowest BCUT2D eigenvalue weighted by Crippen LogP contribution is -2.49. The first-order valence-corrected chi connectivity index (χ1v) is 9.25. The van der Waals surface area contributed by atoms with Crippen LogP contribution in [-0.2, 0) is 19.6 Å². The predicted octanol–water partition coefficient (Wildman–Crippen LogP) is 0.732. The first kappa shape index (κ1) is 16.7. The fourth-order valence-electron chi connectivity index (χ4n) is 3.63. The minimum Gasteiger partial charge on any atom is -0.469 e. The van der Waals surface area contributed by atoms with E-state index in [9.17, 15) is 13.2 Å². The second-order valence-electron chi connectivity index (χ2n) is 5.96. The number of rotatable bonds is 5. The van der Waals surface area contributed by atoms with Gasteiger partial charge in [0.05, 0.1) is 18.3 Å². The van der Waals surface area contributed by atoms with Gasteiger partial charge >= 0.3 is 5.97 Å². The van der Waals surface area contributed by atoms with Gasteiger partial charge in [-0.15, -0.1) is 0 Å². The van der Waals surface area contributed by atoms with Gasteiger partial charge in [0.25, 0.3) is 0 Å². The van der Waals surface area contributed by atoms with Crippen molar-refractivity contribution in [3.63, 3.8) is 0 Å². The molecule has 0 aromatic carbocycles. The van der Waals surface area contributed by atoms with Crippen molar-refractivity contribution in [2.75, 3.05) is 27.2 Å². The van der Waals surface area contributed by atoms with Crippen LogP contribution in [0.25, 0.3) is 0 Å². The highest BCUT2D eigenvalue weighted by atomic mass is 32.2. The Morgan fingerprint density at radius 1 is 1.24 bits per heavy atom. The molecule has 2 rings (SSSR count). The van der Waals surface area contributed by atoms with Crippen LogP contribution < -0.4 is 5.32 Å². The van der Waals surface area contributed by atoms with E-state index in [2.05, 4.69) is 5.32 Å². The number of hydrogen-bond acceptors (Lipinski definition) is 5. The van der Waals surface area contributed by atoms with E-state index in [0.717, 1.165) is 25.7 Å². The van der Waals surface area contributed by atoms with Gasteiger partial charge in [-0.2, -0.15) is 4.31 Å². The van der Waals surface area contributed by atoms with Crippen LogP contribution in [0.1, 0.15) is 38.5 Å². The Kier molecular flexibility index (Phi) is 5.62. The van der Waals surface area contributed by atoms with E-state index in [1.165, 1.54) is 7.11 Å². The molecule has 0 aromatic rings. The quantitative estimate of drug-likeness (QED) is 0.757. The number of ether oxygens (including phenoxy) is 1. The maximum Gasteiger partial charge on any atom is 0.310 e. The van der Waals surface area contributed by atoms with Gasteiger partial charge in [-0.25, -0.2) is 8.42 Å². The van der Waals surface area contributed by atoms with Crippen LogP contribution in [0.15, 0.2) is 0 Å². The second kappa shape index (κ2) is 7.07. The summed E-state index contributed by atoms with van der Waals surface area (Å²) in [5, 5.41) is 2.45. The molecule has 122 valence electrons. The third-order valence-corrected chi connectivity index (χ3v) is 7.14. The fraction of sp³-hybridized carbons (Fsp3) is 0.929. The molecule has 1 aliphatic heterocycles. The van der Waals surface area contributed by atoms with Crippen LogP contribution in [0.3, 0.4) is 0 Å². The van der Waals surface area contributed by atoms with Gasteiger partial charge in [-0.1, -0.05) is 12.8 Å². The molecule has 0 spiro atoms. The Balaban J connectivity index is 2.21. The molecule has 1 saturated heterocycles. The number of nitrogens with zero attached hydrogens (tertiary/aromatic N) is 1. The Hall–Kier alpha value is -0.660. The van der Waals surface area contributed by atoms with Crippen molar-refractivity contribution in [2.45, 2.75) is 49.8 Å². The third kappa shape index (κ3) is 3.40. The first-order valence-electron chi connectivity index (χ1n) is 7.75. The largest absolute Gasteiger partial charge is 0.469 e. The minimum atomic E-state index is -3.44. The van der Waals surface area contributed by atoms with E-state index >= 15 is 0 Å². The lowest BCUT2D eigenvalue weighted by Gasteiger charge is -2.34. The van der Waals surface area contributed by atoms with Crippen LogP contribution in [0.2, 0.25) is 0 Å². The number of carbonyl (C=O) groups is 1. The maximum atomic E-state index is 13.0. The van der Waals surface area contributed by atoms with E-state index < -0.39 is 21.2 Å². The van der Waals surface area contributed by atoms with Gasteiger partial charge < -0.3 is 10.1 Å². The summed E-state index contributed by atoms with van der Waals surface area (Å²) >= 11 is 0. The summed E-state index contributed by atoms with van der Waals surface area (Å²) in [6.45, 7) is 1.23. The molecular formula is C14H26N2O4S. The van der Waals surface area contributed by atoms with Crippen LogP contribution in [-0.4, -0.2) is 57.2 Å². The van der Waals surface area contributed by atoms with Gasteiger partial charge in [-0.05, 0) is 32.7 Å². The number of sulfonamides is 1. The van der Waals surface area contributed by atoms with Gasteiger partial charge in [0.1, 0.15) is 0 Å². The van der Waals surface area contributed by atoms with E-state index in [4.69, 9.17) is 4.74 Å². The van der Waals surface area contributed by atoms with Crippen molar-refractivity contribution < 1.29 is 17.9 Å². The molecule has 0 bridgehead atoms. The third-order valence-electron chi connectivity index (χ3n) is 4.68. The minimum absolute atomic E-state index is 0.0141. The lowest BCUT2D eigenvalue weighted by molar-refractivity contribution is -0.146. The standard InChI is InChI=1S/C14H26N2O4S/c1-15-10-11-6-5-9-16(11)21(18,19)13-8-4-3-7-12(13)14(17)20-2/h11-13,15H,3-10H2,1-2H3. The number of methoxy groups -OCH3 is 1. The second-order valence-corrected chi connectivity index (χ2v) is 8.07. The molecule has 0 aromatic heterocycles. The number of hydrogen-bond donors (Lipinski definition) is 1. The summed E-state index contributed by atoms with van der Waals surface area (Å²) in [4.78, 5) is 11.9. The van der Waals surface area contributed by atoms with Gasteiger partial charge in [0.2, 0.25) is 10.0 Å². The van der Waals surface area contributed by atoms with Gasteiger partial charge in [0.15, 0.2) is 0 Å². The van der Waals surface area contributed by atoms with E-state index in [1.807, 2.05) is 7.05 Å². The van der Waals surface area contributed by atoms with E-state index in [-0.39, 0.29) is 12.0 Å². The summed E-state index contributed by atoms with van der Waals surface area (Å²) in [5.41, 5.74) is 0. The number of carbonyl (C=O) groups excluding carboxylic acids is 1. The average molecular weight is 318 g/mol. The molecule has 1 heterocycles. The van der Waals surface area contributed by atoms with Crippen LogP contribution in [0, 0.1) is 5.92 Å². The smallest absolute Gasteiger partial charge is 0.310 e. The molecule has 6 nitrogen and oxygen atoms in total. The lowest BCUT2D eigenvalue weighted by atomic mass is 9.89. The highest BCUT2D eigenvalue weighted by molar-refractivity contribution is 7.89. The Morgan fingerprint density at radius 2 is 1.95 bits per heavy atom. The summed E-state index contributed by atoms with van der Waals surface area (Å²) in [7, 11) is -0.277. The zero-order chi connectivity index (χ0) is 15.5. The molecule has 21 heavy (non-hydrogen) atoms. The summed E-state index contributed by atoms with van der Waals surface area (Å²) in [6.07, 6.45) is 4.70. The first-order chi connectivity index (χ1) is 10.0. The molecule has 7 heteroatoms. The predicted molar refractivity (Wildman–Crippen MR) is 80.3 cm³/mol. The SMILES string of the molecule is CNCC1CCCN1S(=O)(=O)C1CCCCC1C(=O)OC. The van der Waals surface area contributed by atoms with Crippen molar-refractivity contribution in [1.29, 1.82) is 0 Å². The molecule has 1 saturated carbocycles. The number of nitrogens with one attached hydrogen (secondary N) is 1. The van der Waals surface area contributed by atoms with Crippen molar-refractivity contribution in [1.82, 2.24) is 9.62 Å². The van der Waals surface area contributed by atoms with Crippen LogP contribution in [0.5, 0.6) is 0 Å². The maximum absolute atomic E-state index is 13.0. The molecule has 3 atom stereocenters. The highest BCUT2D eigenvalue weighted by Gasteiger charge is 2.45. The Labute approximate surface area is 127 Å². The van der Waals surface area contributed by atoms with Gasteiger partial charge in [0, 0.05) is 19.1 Å². The normalized spacial score (nSPS) is 31.2. The van der Waals surface area contributed by atoms with Crippen LogP contribution >= 0.6 is 0 Å². The summed E-state index contributed by atoms with van der Waals surface area (Å²) in [5.74, 6) is -0.891. The van der Waals surface area contributed by atoms with E-state index in [1.54, 1.807) is 4.31 Å². The molecule has 2 fully saturated rings. The zero-order valence-corrected chi connectivity index (χ0v) is 13.7. The number of likely N-dealkylation sites (N-methyl/N-ethyl adjacent to an activating group) is 1. The Morgan fingerprint density at radius 3 is 2.62 bits per heavy atom. The molecule has 1 aliphatic carbocycles. The monoisotopic (exact) mass is 318 g/mol. The van der Waals surface area contributed by atoms with Crippen molar-refractivity contribution in [3.05, 3.63) is 0 Å².